The second-order valence-electron chi connectivity index (χ2n) is 9.84. The third kappa shape index (κ3) is 7.85. The number of nitrogens with zero attached hydrogens (tertiary/aromatic N) is 2. The number of carbonyl (C=O) groups is 2. The second kappa shape index (κ2) is 12.5. The van der Waals surface area contributed by atoms with Gasteiger partial charge in [0.25, 0.3) is 0 Å². The van der Waals surface area contributed by atoms with Crippen molar-refractivity contribution in [2.24, 2.45) is 0 Å². The first-order valence-electron chi connectivity index (χ1n) is 12.5. The van der Waals surface area contributed by atoms with Gasteiger partial charge in [0.1, 0.15) is 12.6 Å². The van der Waals surface area contributed by atoms with Gasteiger partial charge in [-0.1, -0.05) is 60.7 Å². The molecule has 1 saturated carbocycles. The Hall–Kier alpha value is -2.29. The smallest absolute Gasteiger partial charge is 0.244 e. The summed E-state index contributed by atoms with van der Waals surface area (Å²) in [5.74, 6) is -0.786. The van der Waals surface area contributed by atoms with Gasteiger partial charge < -0.3 is 10.2 Å². The first kappa shape index (κ1) is 29.3. The third-order valence-electron chi connectivity index (χ3n) is 6.79. The van der Waals surface area contributed by atoms with Crippen LogP contribution in [0.25, 0.3) is 0 Å². The largest absolute Gasteiger partial charge is 0.352 e. The van der Waals surface area contributed by atoms with Crippen LogP contribution in [0.2, 0.25) is 10.0 Å². The van der Waals surface area contributed by atoms with E-state index in [0.717, 1.165) is 53.8 Å². The molecule has 0 radical (unpaired) electrons. The number of hydrogen-bond acceptors (Lipinski definition) is 4. The van der Waals surface area contributed by atoms with Crippen LogP contribution in [0.4, 0.5) is 5.69 Å². The van der Waals surface area contributed by atoms with Gasteiger partial charge in [0.15, 0.2) is 0 Å². The molecule has 202 valence electrons. The summed E-state index contributed by atoms with van der Waals surface area (Å²) in [6.07, 6.45) is 6.15. The van der Waals surface area contributed by atoms with Gasteiger partial charge in [-0.3, -0.25) is 13.9 Å². The predicted molar refractivity (Wildman–Crippen MR) is 150 cm³/mol. The molecule has 3 rings (SSSR count). The minimum atomic E-state index is -3.80. The summed E-state index contributed by atoms with van der Waals surface area (Å²) in [7, 11) is -3.80. The fourth-order valence-electron chi connectivity index (χ4n) is 4.57. The van der Waals surface area contributed by atoms with Crippen LogP contribution in [0.15, 0.2) is 36.4 Å². The molecule has 1 fully saturated rings. The third-order valence-corrected chi connectivity index (χ3v) is 8.50. The highest BCUT2D eigenvalue weighted by atomic mass is 35.5. The molecule has 10 heteroatoms. The molecule has 1 atom stereocenters. The Labute approximate surface area is 230 Å². The highest BCUT2D eigenvalue weighted by Gasteiger charge is 2.32. The molecule has 1 unspecified atom stereocenters. The minimum Gasteiger partial charge on any atom is -0.352 e. The lowest BCUT2D eigenvalue weighted by molar-refractivity contribution is -0.139. The maximum absolute atomic E-state index is 13.8. The lowest BCUT2D eigenvalue weighted by atomic mass is 9.95. The summed E-state index contributed by atoms with van der Waals surface area (Å²) in [6.45, 7) is 4.89. The van der Waals surface area contributed by atoms with E-state index >= 15 is 0 Å². The average Bonchev–Trinajstić information content (AvgIpc) is 2.83. The molecule has 0 saturated heterocycles. The second-order valence-corrected chi connectivity index (χ2v) is 12.6. The molecule has 1 N–H and O–H groups in total. The van der Waals surface area contributed by atoms with Gasteiger partial charge in [0.2, 0.25) is 21.8 Å². The Morgan fingerprint density at radius 1 is 1.05 bits per heavy atom. The maximum Gasteiger partial charge on any atom is 0.244 e. The van der Waals surface area contributed by atoms with Crippen molar-refractivity contribution in [1.29, 1.82) is 0 Å². The molecule has 0 spiro atoms. The monoisotopic (exact) mass is 567 g/mol. The van der Waals surface area contributed by atoms with Gasteiger partial charge in [0, 0.05) is 22.6 Å². The quantitative estimate of drug-likeness (QED) is 0.448. The zero-order valence-electron chi connectivity index (χ0n) is 21.8. The number of nitrogens with one attached hydrogen (secondary N) is 1. The van der Waals surface area contributed by atoms with Crippen molar-refractivity contribution in [3.05, 3.63) is 63.1 Å². The number of carbonyl (C=O) groups excluding carboxylic acids is 2. The summed E-state index contributed by atoms with van der Waals surface area (Å²) in [4.78, 5) is 28.4. The van der Waals surface area contributed by atoms with E-state index < -0.39 is 28.5 Å². The highest BCUT2D eigenvalue weighted by molar-refractivity contribution is 7.92. The van der Waals surface area contributed by atoms with Crippen LogP contribution in [0.5, 0.6) is 0 Å². The topological polar surface area (TPSA) is 86.8 Å². The fraction of sp³-hybridized carbons (Fsp3) is 0.481. The number of rotatable bonds is 9. The van der Waals surface area contributed by atoms with E-state index in [1.54, 1.807) is 38.1 Å². The minimum absolute atomic E-state index is 0.0263. The average molecular weight is 569 g/mol. The first-order chi connectivity index (χ1) is 17.4. The van der Waals surface area contributed by atoms with Gasteiger partial charge in [0.05, 0.1) is 11.9 Å². The molecule has 0 aromatic heterocycles. The molecule has 1 aliphatic carbocycles. The molecule has 2 amide bonds. The fourth-order valence-corrected chi connectivity index (χ4v) is 5.93. The van der Waals surface area contributed by atoms with Crippen LogP contribution in [0.1, 0.15) is 55.7 Å². The van der Waals surface area contributed by atoms with Crippen molar-refractivity contribution >= 4 is 50.7 Å². The summed E-state index contributed by atoms with van der Waals surface area (Å²) in [5, 5.41) is 3.89. The van der Waals surface area contributed by atoms with Gasteiger partial charge in [-0.25, -0.2) is 8.42 Å². The molecular weight excluding hydrogens is 533 g/mol. The van der Waals surface area contributed by atoms with E-state index in [1.807, 2.05) is 19.1 Å². The van der Waals surface area contributed by atoms with Gasteiger partial charge in [-0.15, -0.1) is 0 Å². The molecule has 0 aliphatic heterocycles. The zero-order chi connectivity index (χ0) is 27.3. The predicted octanol–water partition coefficient (Wildman–Crippen LogP) is 5.24. The van der Waals surface area contributed by atoms with Gasteiger partial charge in [-0.05, 0) is 68.5 Å². The lowest BCUT2D eigenvalue weighted by Gasteiger charge is -2.33. The number of benzene rings is 2. The Morgan fingerprint density at radius 2 is 1.73 bits per heavy atom. The molecule has 37 heavy (non-hydrogen) atoms. The van der Waals surface area contributed by atoms with Crippen LogP contribution >= 0.6 is 23.2 Å². The maximum atomic E-state index is 13.8. The summed E-state index contributed by atoms with van der Waals surface area (Å²) in [6, 6.07) is 9.61. The van der Waals surface area contributed by atoms with Crippen molar-refractivity contribution in [1.82, 2.24) is 10.2 Å². The van der Waals surface area contributed by atoms with E-state index in [-0.39, 0.29) is 18.5 Å². The van der Waals surface area contributed by atoms with Crippen molar-refractivity contribution in [3.63, 3.8) is 0 Å². The molecule has 2 aromatic carbocycles. The summed E-state index contributed by atoms with van der Waals surface area (Å²) in [5.41, 5.74) is 2.62. The van der Waals surface area contributed by atoms with Crippen LogP contribution in [0.3, 0.4) is 0 Å². The van der Waals surface area contributed by atoms with Crippen LogP contribution < -0.4 is 9.62 Å². The van der Waals surface area contributed by atoms with Crippen LogP contribution in [0, 0.1) is 13.8 Å². The number of amides is 2. The summed E-state index contributed by atoms with van der Waals surface area (Å²) >= 11 is 12.5. The number of hydrogen-bond donors (Lipinski definition) is 1. The standard InChI is InChI=1S/C27H35Cl2N3O4S/c1-18-10-11-19(2)25(14-18)32(37(4,35)36)17-26(33)31(16-21-12-13-22(28)15-24(21)29)20(3)27(34)30-23-8-6-5-7-9-23/h10-15,20,23H,5-9,16-17H2,1-4H3,(H,30,34). The van der Waals surface area contributed by atoms with Crippen LogP contribution in [-0.2, 0) is 26.2 Å². The van der Waals surface area contributed by atoms with Gasteiger partial charge in [-0.2, -0.15) is 0 Å². The first-order valence-corrected chi connectivity index (χ1v) is 15.1. The molecule has 7 nitrogen and oxygen atoms in total. The van der Waals surface area contributed by atoms with E-state index in [2.05, 4.69) is 5.32 Å². The molecule has 0 heterocycles. The molecule has 0 bridgehead atoms. The Morgan fingerprint density at radius 3 is 2.35 bits per heavy atom. The normalized spacial score (nSPS) is 15.2. The highest BCUT2D eigenvalue weighted by Crippen LogP contribution is 2.26. The van der Waals surface area contributed by atoms with E-state index in [4.69, 9.17) is 23.2 Å². The van der Waals surface area contributed by atoms with E-state index in [0.29, 0.717) is 21.3 Å². The van der Waals surface area contributed by atoms with Crippen molar-refractivity contribution in [2.45, 2.75) is 71.5 Å². The van der Waals surface area contributed by atoms with Crippen molar-refractivity contribution in [3.8, 4) is 0 Å². The number of anilines is 1. The Balaban J connectivity index is 1.93. The van der Waals surface area contributed by atoms with Crippen LogP contribution in [-0.4, -0.2) is 50.0 Å². The van der Waals surface area contributed by atoms with Crippen molar-refractivity contribution < 1.29 is 18.0 Å². The molecule has 2 aromatic rings. The van der Waals surface area contributed by atoms with E-state index in [9.17, 15) is 18.0 Å². The van der Waals surface area contributed by atoms with Crippen molar-refractivity contribution in [2.75, 3.05) is 17.1 Å². The number of halogens is 2. The number of aryl methyl sites for hydroxylation is 2. The summed E-state index contributed by atoms with van der Waals surface area (Å²) < 4.78 is 26.7. The zero-order valence-corrected chi connectivity index (χ0v) is 24.1. The molecular formula is C27H35Cl2N3O4S. The van der Waals surface area contributed by atoms with Gasteiger partial charge >= 0.3 is 0 Å². The Bertz CT molecular complexity index is 1250. The SMILES string of the molecule is Cc1ccc(C)c(N(CC(=O)N(Cc2ccc(Cl)cc2Cl)C(C)C(=O)NC2CCCCC2)S(C)(=O)=O)c1. The Kier molecular flexibility index (Phi) is 9.89. The number of sulfonamides is 1. The van der Waals surface area contributed by atoms with E-state index in [1.165, 1.54) is 4.90 Å². The molecule has 1 aliphatic rings. The lowest BCUT2D eigenvalue weighted by Crippen LogP contribution is -2.53.